The average Bonchev–Trinajstić information content (AvgIpc) is 2.55. The van der Waals surface area contributed by atoms with Crippen molar-refractivity contribution in [2.75, 3.05) is 7.11 Å². The molecule has 0 aliphatic rings. The minimum atomic E-state index is -0.551. The van der Waals surface area contributed by atoms with Crippen LogP contribution in [0.15, 0.2) is 47.8 Å². The topological polar surface area (TPSA) is 107 Å². The molecular formula is C14H12N4O4. The van der Waals surface area contributed by atoms with Crippen LogP contribution >= 0.6 is 0 Å². The molecule has 0 atom stereocenters. The number of nitro groups is 1. The van der Waals surface area contributed by atoms with E-state index in [1.165, 1.54) is 31.7 Å². The number of hydrogen-bond acceptors (Lipinski definition) is 6. The molecule has 2 aromatic rings. The third-order valence-corrected chi connectivity index (χ3v) is 2.70. The molecule has 1 N–H and O–H groups in total. The van der Waals surface area contributed by atoms with E-state index in [9.17, 15) is 14.9 Å². The maximum Gasteiger partial charge on any atom is 0.311 e. The van der Waals surface area contributed by atoms with Gasteiger partial charge >= 0.3 is 5.69 Å². The van der Waals surface area contributed by atoms with Gasteiger partial charge in [0.05, 0.1) is 23.8 Å². The highest BCUT2D eigenvalue weighted by molar-refractivity contribution is 5.94. The SMILES string of the molecule is COc1ccc(/C=N/NC(=O)c2cccnc2)cc1[N+](=O)[O-]. The Morgan fingerprint density at radius 2 is 2.27 bits per heavy atom. The number of hydrazone groups is 1. The van der Waals surface area contributed by atoms with Gasteiger partial charge in [0.15, 0.2) is 5.75 Å². The van der Waals surface area contributed by atoms with Gasteiger partial charge in [-0.25, -0.2) is 5.43 Å². The number of carbonyl (C=O) groups excluding carboxylic acids is 1. The first-order valence-electron chi connectivity index (χ1n) is 6.17. The van der Waals surface area contributed by atoms with E-state index in [0.29, 0.717) is 11.1 Å². The molecule has 0 radical (unpaired) electrons. The molecule has 1 heterocycles. The Balaban J connectivity index is 2.09. The number of pyridine rings is 1. The summed E-state index contributed by atoms with van der Waals surface area (Å²) in [5, 5.41) is 14.7. The Kier molecular flexibility index (Phi) is 4.76. The molecule has 0 aliphatic carbocycles. The summed E-state index contributed by atoms with van der Waals surface area (Å²) in [5.41, 5.74) is 2.96. The number of benzene rings is 1. The molecule has 0 saturated carbocycles. The van der Waals surface area contributed by atoms with Gasteiger partial charge in [0.25, 0.3) is 5.91 Å². The molecule has 1 amide bonds. The van der Waals surface area contributed by atoms with Gasteiger partial charge in [-0.2, -0.15) is 5.10 Å². The van der Waals surface area contributed by atoms with Gasteiger partial charge in [-0.3, -0.25) is 19.9 Å². The van der Waals surface area contributed by atoms with E-state index in [2.05, 4.69) is 15.5 Å². The van der Waals surface area contributed by atoms with Gasteiger partial charge < -0.3 is 4.74 Å². The summed E-state index contributed by atoms with van der Waals surface area (Å²) < 4.78 is 4.90. The van der Waals surface area contributed by atoms with Gasteiger partial charge in [0.1, 0.15) is 0 Å². The molecule has 0 aliphatic heterocycles. The van der Waals surface area contributed by atoms with Crippen molar-refractivity contribution in [3.8, 4) is 5.75 Å². The summed E-state index contributed by atoms with van der Waals surface area (Å²) >= 11 is 0. The highest BCUT2D eigenvalue weighted by Crippen LogP contribution is 2.26. The smallest absolute Gasteiger partial charge is 0.311 e. The van der Waals surface area contributed by atoms with Crippen molar-refractivity contribution in [1.29, 1.82) is 0 Å². The third-order valence-electron chi connectivity index (χ3n) is 2.70. The minimum absolute atomic E-state index is 0.154. The maximum absolute atomic E-state index is 11.7. The van der Waals surface area contributed by atoms with Gasteiger partial charge in [0, 0.05) is 24.0 Å². The second-order valence-corrected chi connectivity index (χ2v) is 4.13. The number of ether oxygens (including phenoxy) is 1. The number of amides is 1. The molecule has 22 heavy (non-hydrogen) atoms. The van der Waals surface area contributed by atoms with Gasteiger partial charge in [0.2, 0.25) is 0 Å². The molecule has 0 spiro atoms. The number of nitrogens with zero attached hydrogens (tertiary/aromatic N) is 3. The van der Waals surface area contributed by atoms with Crippen LogP contribution in [0.1, 0.15) is 15.9 Å². The van der Waals surface area contributed by atoms with Crippen molar-refractivity contribution in [2.24, 2.45) is 5.10 Å². The first-order chi connectivity index (χ1) is 10.6. The molecule has 112 valence electrons. The fourth-order valence-corrected chi connectivity index (χ4v) is 1.66. The van der Waals surface area contributed by atoms with Gasteiger partial charge in [-0.05, 0) is 24.3 Å². The van der Waals surface area contributed by atoms with Crippen molar-refractivity contribution in [1.82, 2.24) is 10.4 Å². The van der Waals surface area contributed by atoms with Crippen LogP contribution in [0.4, 0.5) is 5.69 Å². The number of rotatable bonds is 5. The predicted molar refractivity (Wildman–Crippen MR) is 78.9 cm³/mol. The lowest BCUT2D eigenvalue weighted by molar-refractivity contribution is -0.385. The second kappa shape index (κ2) is 6.93. The molecule has 0 unspecified atom stereocenters. The summed E-state index contributed by atoms with van der Waals surface area (Å²) in [6.45, 7) is 0. The molecule has 0 bridgehead atoms. The van der Waals surface area contributed by atoms with E-state index >= 15 is 0 Å². The quantitative estimate of drug-likeness (QED) is 0.514. The molecule has 1 aromatic heterocycles. The van der Waals surface area contributed by atoms with Crippen LogP contribution in [0.2, 0.25) is 0 Å². The van der Waals surface area contributed by atoms with Crippen molar-refractivity contribution < 1.29 is 14.5 Å². The van der Waals surface area contributed by atoms with E-state index < -0.39 is 10.8 Å². The first-order valence-corrected chi connectivity index (χ1v) is 6.17. The lowest BCUT2D eigenvalue weighted by Crippen LogP contribution is -2.17. The molecule has 8 heteroatoms. The zero-order valence-corrected chi connectivity index (χ0v) is 11.6. The van der Waals surface area contributed by atoms with Crippen molar-refractivity contribution in [3.63, 3.8) is 0 Å². The average molecular weight is 300 g/mol. The first kappa shape index (κ1) is 15.1. The molecular weight excluding hydrogens is 288 g/mol. The highest BCUT2D eigenvalue weighted by atomic mass is 16.6. The van der Waals surface area contributed by atoms with Crippen LogP contribution in [0, 0.1) is 10.1 Å². The predicted octanol–water partition coefficient (Wildman–Crippen LogP) is 1.76. The molecule has 0 saturated heterocycles. The second-order valence-electron chi connectivity index (χ2n) is 4.13. The fraction of sp³-hybridized carbons (Fsp3) is 0.0714. The van der Waals surface area contributed by atoms with Crippen LogP contribution in [0.25, 0.3) is 0 Å². The Bertz CT molecular complexity index is 716. The van der Waals surface area contributed by atoms with E-state index in [-0.39, 0.29) is 11.4 Å². The Hall–Kier alpha value is -3.29. The van der Waals surface area contributed by atoms with Crippen LogP contribution in [0.3, 0.4) is 0 Å². The zero-order chi connectivity index (χ0) is 15.9. The van der Waals surface area contributed by atoms with Gasteiger partial charge in [-0.1, -0.05) is 0 Å². The van der Waals surface area contributed by atoms with Crippen LogP contribution in [-0.2, 0) is 0 Å². The number of aromatic nitrogens is 1. The molecule has 1 aromatic carbocycles. The number of methoxy groups -OCH3 is 1. The third kappa shape index (κ3) is 3.63. The van der Waals surface area contributed by atoms with Gasteiger partial charge in [-0.15, -0.1) is 0 Å². The highest BCUT2D eigenvalue weighted by Gasteiger charge is 2.14. The molecule has 0 fully saturated rings. The molecule has 2 rings (SSSR count). The van der Waals surface area contributed by atoms with Crippen LogP contribution < -0.4 is 10.2 Å². The summed E-state index contributed by atoms with van der Waals surface area (Å²) in [5.74, 6) is -0.270. The summed E-state index contributed by atoms with van der Waals surface area (Å²) in [4.78, 5) is 25.9. The van der Waals surface area contributed by atoms with E-state index in [1.807, 2.05) is 0 Å². The van der Waals surface area contributed by atoms with E-state index in [4.69, 9.17) is 4.74 Å². The van der Waals surface area contributed by atoms with E-state index in [1.54, 1.807) is 24.4 Å². The summed E-state index contributed by atoms with van der Waals surface area (Å²) in [6, 6.07) is 7.58. The Labute approximate surface area is 125 Å². The number of hydrogen-bond donors (Lipinski definition) is 1. The van der Waals surface area contributed by atoms with E-state index in [0.717, 1.165) is 0 Å². The monoisotopic (exact) mass is 300 g/mol. The number of nitro benzene ring substituents is 1. The zero-order valence-electron chi connectivity index (χ0n) is 11.6. The normalized spacial score (nSPS) is 10.4. The van der Waals surface area contributed by atoms with Crippen molar-refractivity contribution in [3.05, 3.63) is 64.0 Å². The minimum Gasteiger partial charge on any atom is -0.490 e. The number of carbonyl (C=O) groups is 1. The standard InChI is InChI=1S/C14H12N4O4/c1-22-13-5-4-10(7-12(13)18(20)21)8-16-17-14(19)11-3-2-6-15-9-11/h2-9H,1H3,(H,17,19)/b16-8+. The van der Waals surface area contributed by atoms with Crippen LogP contribution in [-0.4, -0.2) is 29.1 Å². The molecule has 8 nitrogen and oxygen atoms in total. The number of nitrogens with one attached hydrogen (secondary N) is 1. The van der Waals surface area contributed by atoms with Crippen molar-refractivity contribution >= 4 is 17.8 Å². The summed E-state index contributed by atoms with van der Waals surface area (Å²) in [6.07, 6.45) is 4.26. The Morgan fingerprint density at radius 1 is 1.45 bits per heavy atom. The van der Waals surface area contributed by atoms with Crippen LogP contribution in [0.5, 0.6) is 5.75 Å². The maximum atomic E-state index is 11.7. The fourth-order valence-electron chi connectivity index (χ4n) is 1.66. The van der Waals surface area contributed by atoms with Crippen molar-refractivity contribution in [2.45, 2.75) is 0 Å². The Morgan fingerprint density at radius 3 is 2.91 bits per heavy atom. The largest absolute Gasteiger partial charge is 0.490 e. The lowest BCUT2D eigenvalue weighted by Gasteiger charge is -2.02. The lowest BCUT2D eigenvalue weighted by atomic mass is 10.2. The summed E-state index contributed by atoms with van der Waals surface area (Å²) in [7, 11) is 1.35.